The second-order valence-electron chi connectivity index (χ2n) is 4.68. The van der Waals surface area contributed by atoms with Crippen molar-refractivity contribution in [3.8, 4) is 0 Å². The smallest absolute Gasteiger partial charge is 0.269 e. The van der Waals surface area contributed by atoms with Crippen molar-refractivity contribution in [2.45, 2.75) is 6.04 Å². The van der Waals surface area contributed by atoms with E-state index in [2.05, 4.69) is 21.0 Å². The lowest BCUT2D eigenvalue weighted by Crippen LogP contribution is -2.30. The number of rotatable bonds is 3. The van der Waals surface area contributed by atoms with Gasteiger partial charge >= 0.3 is 0 Å². The topological polar surface area (TPSA) is 75.8 Å². The molecular formula is C15H10BrN3O3. The highest BCUT2D eigenvalue weighted by Crippen LogP contribution is 2.34. The van der Waals surface area contributed by atoms with Gasteiger partial charge in [0.15, 0.2) is 0 Å². The number of nitro benzene ring substituents is 1. The predicted octanol–water partition coefficient (Wildman–Crippen LogP) is 3.41. The summed E-state index contributed by atoms with van der Waals surface area (Å²) in [6.07, 6.45) is 0.809. The van der Waals surface area contributed by atoms with Gasteiger partial charge in [-0.25, -0.2) is 5.01 Å². The third-order valence-corrected chi connectivity index (χ3v) is 4.00. The summed E-state index contributed by atoms with van der Waals surface area (Å²) in [5, 5.41) is 16.7. The van der Waals surface area contributed by atoms with E-state index in [0.29, 0.717) is 10.3 Å². The molecule has 1 unspecified atom stereocenters. The van der Waals surface area contributed by atoms with Gasteiger partial charge in [0.05, 0.1) is 10.6 Å². The fourth-order valence-electron chi connectivity index (χ4n) is 2.36. The number of anilines is 1. The Hall–Kier alpha value is -2.54. The first-order valence-corrected chi connectivity index (χ1v) is 7.23. The highest BCUT2D eigenvalue weighted by atomic mass is 79.9. The van der Waals surface area contributed by atoms with Crippen molar-refractivity contribution in [3.05, 3.63) is 69.8 Å². The Morgan fingerprint density at radius 2 is 1.86 bits per heavy atom. The van der Waals surface area contributed by atoms with Crippen LogP contribution in [0.1, 0.15) is 17.2 Å². The summed E-state index contributed by atoms with van der Waals surface area (Å²) in [6, 6.07) is 12.8. The molecule has 0 aromatic heterocycles. The minimum atomic E-state index is -0.570. The first-order valence-electron chi connectivity index (χ1n) is 6.44. The third-order valence-electron chi connectivity index (χ3n) is 3.41. The zero-order chi connectivity index (χ0) is 15.7. The molecule has 6 nitrogen and oxygen atoms in total. The molecule has 7 heteroatoms. The summed E-state index contributed by atoms with van der Waals surface area (Å²) in [6.45, 7) is 0. The van der Waals surface area contributed by atoms with Gasteiger partial charge in [0.25, 0.3) is 5.69 Å². The number of carbonyl (C=O) groups excluding carboxylic acids is 1. The Kier molecular flexibility index (Phi) is 3.72. The van der Waals surface area contributed by atoms with Gasteiger partial charge in [-0.3, -0.25) is 10.1 Å². The number of hydrogen-bond donors (Lipinski definition) is 0. The molecule has 1 aliphatic rings. The van der Waals surface area contributed by atoms with Gasteiger partial charge in [0, 0.05) is 17.7 Å². The summed E-state index contributed by atoms with van der Waals surface area (Å²) >= 11 is 3.40. The number of aldehydes is 1. The average molecular weight is 360 g/mol. The van der Waals surface area contributed by atoms with E-state index in [1.54, 1.807) is 17.1 Å². The summed E-state index contributed by atoms with van der Waals surface area (Å²) in [7, 11) is 0. The molecule has 0 fully saturated rings. The summed E-state index contributed by atoms with van der Waals surface area (Å²) in [5.41, 5.74) is 2.29. The van der Waals surface area contributed by atoms with Crippen LogP contribution in [0.25, 0.3) is 0 Å². The van der Waals surface area contributed by atoms with Crippen molar-refractivity contribution in [1.82, 2.24) is 0 Å². The van der Waals surface area contributed by atoms with Crippen LogP contribution < -0.4 is 5.01 Å². The van der Waals surface area contributed by atoms with Gasteiger partial charge in [0.2, 0.25) is 0 Å². The van der Waals surface area contributed by atoms with Crippen LogP contribution in [0.15, 0.2) is 53.6 Å². The molecule has 0 aliphatic carbocycles. The van der Waals surface area contributed by atoms with Crippen molar-refractivity contribution < 1.29 is 9.72 Å². The lowest BCUT2D eigenvalue weighted by Gasteiger charge is -2.31. The van der Waals surface area contributed by atoms with E-state index >= 15 is 0 Å². The molecule has 2 aromatic rings. The van der Waals surface area contributed by atoms with E-state index in [9.17, 15) is 14.9 Å². The molecule has 0 saturated carbocycles. The lowest BCUT2D eigenvalue weighted by molar-refractivity contribution is -0.384. The second-order valence-corrected chi connectivity index (χ2v) is 5.43. The van der Waals surface area contributed by atoms with Crippen LogP contribution in [0.5, 0.6) is 0 Å². The quantitative estimate of drug-likeness (QED) is 0.478. The van der Waals surface area contributed by atoms with E-state index in [4.69, 9.17) is 0 Å². The standard InChI is InChI=1S/C15H10BrN3O3/c16-15-13-4-2-1-3-12(13)14(9-20)18(17-15)10-5-7-11(8-6-10)19(21)22/h1-9,14H. The fraction of sp³-hybridized carbons (Fsp3) is 0.0667. The first kappa shape index (κ1) is 14.4. The van der Waals surface area contributed by atoms with Crippen molar-refractivity contribution in [3.63, 3.8) is 0 Å². The maximum Gasteiger partial charge on any atom is 0.269 e. The first-order chi connectivity index (χ1) is 10.6. The molecule has 1 heterocycles. The zero-order valence-electron chi connectivity index (χ0n) is 11.2. The number of benzene rings is 2. The monoisotopic (exact) mass is 359 g/mol. The molecule has 0 spiro atoms. The molecular weight excluding hydrogens is 350 g/mol. The van der Waals surface area contributed by atoms with E-state index in [-0.39, 0.29) is 5.69 Å². The third kappa shape index (κ3) is 2.39. The molecule has 22 heavy (non-hydrogen) atoms. The molecule has 110 valence electrons. The number of nitro groups is 1. The van der Waals surface area contributed by atoms with Gasteiger partial charge in [-0.2, -0.15) is 5.10 Å². The van der Waals surface area contributed by atoms with Gasteiger partial charge in [-0.15, -0.1) is 0 Å². The molecule has 0 saturated heterocycles. The highest BCUT2D eigenvalue weighted by molar-refractivity contribution is 9.18. The summed E-state index contributed by atoms with van der Waals surface area (Å²) in [5.74, 6) is 0. The number of halogens is 1. The van der Waals surface area contributed by atoms with Crippen LogP contribution in [0.4, 0.5) is 11.4 Å². The number of hydrogen-bond acceptors (Lipinski definition) is 5. The van der Waals surface area contributed by atoms with Crippen LogP contribution in [-0.4, -0.2) is 15.8 Å². The van der Waals surface area contributed by atoms with Crippen LogP contribution in [-0.2, 0) is 4.79 Å². The number of carbonyl (C=O) groups is 1. The largest absolute Gasteiger partial charge is 0.301 e. The predicted molar refractivity (Wildman–Crippen MR) is 86.3 cm³/mol. The SMILES string of the molecule is O=CC1c2ccccc2C(Br)=NN1c1ccc([N+](=O)[O-])cc1. The van der Waals surface area contributed by atoms with E-state index < -0.39 is 11.0 Å². The fourth-order valence-corrected chi connectivity index (χ4v) is 2.89. The van der Waals surface area contributed by atoms with Crippen LogP contribution in [0, 0.1) is 10.1 Å². The maximum absolute atomic E-state index is 11.6. The zero-order valence-corrected chi connectivity index (χ0v) is 12.8. The molecule has 1 atom stereocenters. The Bertz CT molecular complexity index is 774. The minimum Gasteiger partial charge on any atom is -0.301 e. The van der Waals surface area contributed by atoms with Gasteiger partial charge in [-0.1, -0.05) is 24.3 Å². The van der Waals surface area contributed by atoms with E-state index in [1.807, 2.05) is 24.3 Å². The Morgan fingerprint density at radius 3 is 2.50 bits per heavy atom. The van der Waals surface area contributed by atoms with Crippen LogP contribution >= 0.6 is 15.9 Å². The molecule has 1 aliphatic heterocycles. The maximum atomic E-state index is 11.6. The average Bonchev–Trinajstić information content (AvgIpc) is 2.55. The Morgan fingerprint density at radius 1 is 1.18 bits per heavy atom. The molecule has 0 bridgehead atoms. The van der Waals surface area contributed by atoms with Crippen molar-refractivity contribution in [2.24, 2.45) is 5.10 Å². The van der Waals surface area contributed by atoms with E-state index in [1.165, 1.54) is 12.1 Å². The minimum absolute atomic E-state index is 0.00754. The van der Waals surface area contributed by atoms with Crippen molar-refractivity contribution in [1.29, 1.82) is 0 Å². The Balaban J connectivity index is 2.06. The summed E-state index contributed by atoms with van der Waals surface area (Å²) < 4.78 is 0.611. The van der Waals surface area contributed by atoms with Crippen LogP contribution in [0.3, 0.4) is 0 Å². The van der Waals surface area contributed by atoms with E-state index in [0.717, 1.165) is 17.4 Å². The number of fused-ring (bicyclic) bond motifs is 1. The molecule has 0 amide bonds. The molecule has 3 rings (SSSR count). The van der Waals surface area contributed by atoms with Gasteiger partial charge in [0.1, 0.15) is 16.9 Å². The number of non-ortho nitro benzene ring substituents is 1. The number of nitrogens with zero attached hydrogens (tertiary/aromatic N) is 3. The van der Waals surface area contributed by atoms with Gasteiger partial charge in [-0.05, 0) is 33.6 Å². The lowest BCUT2D eigenvalue weighted by atomic mass is 9.99. The second kappa shape index (κ2) is 5.69. The molecule has 0 N–H and O–H groups in total. The van der Waals surface area contributed by atoms with Crippen molar-refractivity contribution in [2.75, 3.05) is 5.01 Å². The Labute approximate surface area is 134 Å². The molecule has 0 radical (unpaired) electrons. The normalized spacial score (nSPS) is 16.7. The van der Waals surface area contributed by atoms with Crippen LogP contribution in [0.2, 0.25) is 0 Å². The van der Waals surface area contributed by atoms with Crippen molar-refractivity contribution >= 4 is 38.2 Å². The van der Waals surface area contributed by atoms with Gasteiger partial charge < -0.3 is 4.79 Å². The highest BCUT2D eigenvalue weighted by Gasteiger charge is 2.28. The summed E-state index contributed by atoms with van der Waals surface area (Å²) in [4.78, 5) is 21.8. The number of hydrazone groups is 1. The molecule has 2 aromatic carbocycles.